The summed E-state index contributed by atoms with van der Waals surface area (Å²) in [4.78, 5) is 30.5. The van der Waals surface area contributed by atoms with E-state index in [1.165, 1.54) is 10.4 Å². The van der Waals surface area contributed by atoms with Crippen molar-refractivity contribution in [3.8, 4) is 0 Å². The molecule has 32 heavy (non-hydrogen) atoms. The van der Waals surface area contributed by atoms with Crippen LogP contribution in [0.25, 0.3) is 0 Å². The van der Waals surface area contributed by atoms with E-state index in [0.717, 1.165) is 0 Å². The van der Waals surface area contributed by atoms with Gasteiger partial charge in [-0.25, -0.2) is 13.2 Å². The highest BCUT2D eigenvalue weighted by Crippen LogP contribution is 2.24. The van der Waals surface area contributed by atoms with Gasteiger partial charge in [-0.2, -0.15) is 4.31 Å². The van der Waals surface area contributed by atoms with Gasteiger partial charge < -0.3 is 19.9 Å². The number of piperazine rings is 1. The maximum absolute atomic E-state index is 13.1. The summed E-state index contributed by atoms with van der Waals surface area (Å²) in [6.45, 7) is 7.25. The molecule has 178 valence electrons. The predicted octanol–water partition coefficient (Wildman–Crippen LogP) is 0.642. The lowest BCUT2D eigenvalue weighted by molar-refractivity contribution is -0.121. The van der Waals surface area contributed by atoms with Crippen LogP contribution in [0.2, 0.25) is 0 Å². The molecule has 0 saturated carbocycles. The van der Waals surface area contributed by atoms with E-state index in [1.807, 2.05) is 11.8 Å². The SMILES string of the molecule is Cc1ccc(NC(=O)C(C)N2CCN(C(=O)N(C)C)CC2)cc1S(=O)(=O)N1CCOCC1. The quantitative estimate of drug-likeness (QED) is 0.682. The highest BCUT2D eigenvalue weighted by Gasteiger charge is 2.30. The van der Waals surface area contributed by atoms with E-state index in [0.29, 0.717) is 63.7 Å². The summed E-state index contributed by atoms with van der Waals surface area (Å²) >= 11 is 0. The maximum atomic E-state index is 13.1. The van der Waals surface area contributed by atoms with Gasteiger partial charge in [0, 0.05) is 59.1 Å². The number of carbonyl (C=O) groups is 2. The van der Waals surface area contributed by atoms with Crippen molar-refractivity contribution in [1.82, 2.24) is 19.0 Å². The molecule has 2 fully saturated rings. The number of urea groups is 1. The summed E-state index contributed by atoms with van der Waals surface area (Å²) in [5, 5.41) is 2.86. The predicted molar refractivity (Wildman–Crippen MR) is 121 cm³/mol. The first kappa shape index (κ1) is 24.4. The van der Waals surface area contributed by atoms with Gasteiger partial charge in [-0.3, -0.25) is 9.69 Å². The number of nitrogens with zero attached hydrogens (tertiary/aromatic N) is 4. The molecule has 0 aliphatic carbocycles. The number of hydrogen-bond donors (Lipinski definition) is 1. The summed E-state index contributed by atoms with van der Waals surface area (Å²) < 4.78 is 32.8. The lowest BCUT2D eigenvalue weighted by atomic mass is 10.2. The molecular weight excluding hydrogens is 434 g/mol. The van der Waals surface area contributed by atoms with Crippen LogP contribution < -0.4 is 5.32 Å². The first-order chi connectivity index (χ1) is 15.1. The smallest absolute Gasteiger partial charge is 0.319 e. The van der Waals surface area contributed by atoms with E-state index in [9.17, 15) is 18.0 Å². The largest absolute Gasteiger partial charge is 0.379 e. The standard InChI is InChI=1S/C21H33N5O5S/c1-16-5-6-18(15-19(16)32(29,30)26-11-13-31-14-12-26)22-20(27)17(2)24-7-9-25(10-8-24)21(28)23(3)4/h5-6,15,17H,7-14H2,1-4H3,(H,22,27). The third-order valence-electron chi connectivity index (χ3n) is 5.94. The first-order valence-corrected chi connectivity index (χ1v) is 12.2. The second kappa shape index (κ2) is 10.2. The molecular formula is C21H33N5O5S. The summed E-state index contributed by atoms with van der Waals surface area (Å²) in [6.07, 6.45) is 0. The number of hydrogen-bond acceptors (Lipinski definition) is 6. The van der Waals surface area contributed by atoms with Crippen LogP contribution in [0.3, 0.4) is 0 Å². The average molecular weight is 468 g/mol. The second-order valence-corrected chi connectivity index (χ2v) is 10.3. The Morgan fingerprint density at radius 2 is 1.69 bits per heavy atom. The number of aryl methyl sites for hydroxylation is 1. The van der Waals surface area contributed by atoms with Crippen LogP contribution in [0.4, 0.5) is 10.5 Å². The number of rotatable bonds is 5. The summed E-state index contributed by atoms with van der Waals surface area (Å²) in [5.74, 6) is -0.212. The van der Waals surface area contributed by atoms with Gasteiger partial charge in [-0.05, 0) is 31.5 Å². The summed E-state index contributed by atoms with van der Waals surface area (Å²) in [5.41, 5.74) is 1.07. The number of benzene rings is 1. The van der Waals surface area contributed by atoms with Gasteiger partial charge in [0.15, 0.2) is 0 Å². The molecule has 0 bridgehead atoms. The van der Waals surface area contributed by atoms with Crippen LogP contribution in [0.5, 0.6) is 0 Å². The average Bonchev–Trinajstić information content (AvgIpc) is 2.79. The van der Waals surface area contributed by atoms with Gasteiger partial charge in [0.25, 0.3) is 0 Å². The lowest BCUT2D eigenvalue weighted by Crippen LogP contribution is -2.55. The minimum Gasteiger partial charge on any atom is -0.379 e. The van der Waals surface area contributed by atoms with Crippen molar-refractivity contribution in [3.63, 3.8) is 0 Å². The van der Waals surface area contributed by atoms with Crippen LogP contribution in [0.1, 0.15) is 12.5 Å². The van der Waals surface area contributed by atoms with Crippen LogP contribution >= 0.6 is 0 Å². The monoisotopic (exact) mass is 467 g/mol. The molecule has 2 aliphatic heterocycles. The third kappa shape index (κ3) is 5.40. The Morgan fingerprint density at radius 1 is 1.06 bits per heavy atom. The maximum Gasteiger partial charge on any atom is 0.319 e. The minimum absolute atomic E-state index is 0.0320. The molecule has 2 aliphatic rings. The van der Waals surface area contributed by atoms with E-state index in [-0.39, 0.29) is 16.8 Å². The molecule has 1 atom stereocenters. The fraction of sp³-hybridized carbons (Fsp3) is 0.619. The Labute approximate surface area is 190 Å². The molecule has 0 aromatic heterocycles. The Bertz CT molecular complexity index is 938. The Morgan fingerprint density at radius 3 is 2.28 bits per heavy atom. The highest BCUT2D eigenvalue weighted by atomic mass is 32.2. The van der Waals surface area contributed by atoms with E-state index in [1.54, 1.807) is 43.0 Å². The van der Waals surface area contributed by atoms with Crippen molar-refractivity contribution >= 4 is 27.6 Å². The van der Waals surface area contributed by atoms with Crippen molar-refractivity contribution in [2.45, 2.75) is 24.8 Å². The van der Waals surface area contributed by atoms with Crippen LogP contribution in [-0.2, 0) is 19.6 Å². The first-order valence-electron chi connectivity index (χ1n) is 10.8. The zero-order valence-corrected chi connectivity index (χ0v) is 20.0. The van der Waals surface area contributed by atoms with Crippen molar-refractivity contribution < 1.29 is 22.7 Å². The molecule has 0 spiro atoms. The topological polar surface area (TPSA) is 102 Å². The molecule has 1 unspecified atom stereocenters. The Hall–Kier alpha value is -2.21. The third-order valence-corrected chi connectivity index (χ3v) is 7.98. The zero-order chi connectivity index (χ0) is 23.5. The number of amides is 3. The number of ether oxygens (including phenoxy) is 1. The molecule has 1 N–H and O–H groups in total. The molecule has 2 saturated heterocycles. The van der Waals surface area contributed by atoms with Crippen molar-refractivity contribution in [1.29, 1.82) is 0 Å². The number of morpholine rings is 1. The van der Waals surface area contributed by atoms with Crippen LogP contribution in [0, 0.1) is 6.92 Å². The number of sulfonamides is 1. The van der Waals surface area contributed by atoms with Crippen molar-refractivity contribution in [2.24, 2.45) is 0 Å². The van der Waals surface area contributed by atoms with Crippen LogP contribution in [-0.4, -0.2) is 112 Å². The summed E-state index contributed by atoms with van der Waals surface area (Å²) in [7, 11) is -0.219. The molecule has 2 heterocycles. The Kier molecular flexibility index (Phi) is 7.75. The highest BCUT2D eigenvalue weighted by molar-refractivity contribution is 7.89. The van der Waals surface area contributed by atoms with Crippen molar-refractivity contribution in [2.75, 3.05) is 71.9 Å². The van der Waals surface area contributed by atoms with E-state index in [4.69, 9.17) is 4.74 Å². The van der Waals surface area contributed by atoms with E-state index in [2.05, 4.69) is 5.32 Å². The van der Waals surface area contributed by atoms with Gasteiger partial charge in [0.1, 0.15) is 0 Å². The van der Waals surface area contributed by atoms with Crippen molar-refractivity contribution in [3.05, 3.63) is 23.8 Å². The molecule has 1 aromatic carbocycles. The van der Waals surface area contributed by atoms with Gasteiger partial charge in [0.05, 0.1) is 24.2 Å². The van der Waals surface area contributed by atoms with E-state index < -0.39 is 16.1 Å². The molecule has 10 nitrogen and oxygen atoms in total. The van der Waals surface area contributed by atoms with Gasteiger partial charge in [-0.15, -0.1) is 0 Å². The number of carbonyl (C=O) groups excluding carboxylic acids is 2. The molecule has 1 aromatic rings. The normalized spacial score (nSPS) is 19.4. The van der Waals surface area contributed by atoms with Crippen LogP contribution in [0.15, 0.2) is 23.1 Å². The van der Waals surface area contributed by atoms with Gasteiger partial charge in [-0.1, -0.05) is 6.07 Å². The number of anilines is 1. The van der Waals surface area contributed by atoms with Gasteiger partial charge >= 0.3 is 6.03 Å². The van der Waals surface area contributed by atoms with E-state index >= 15 is 0 Å². The molecule has 0 radical (unpaired) electrons. The molecule has 3 amide bonds. The second-order valence-electron chi connectivity index (χ2n) is 8.36. The molecule has 11 heteroatoms. The fourth-order valence-electron chi connectivity index (χ4n) is 3.88. The summed E-state index contributed by atoms with van der Waals surface area (Å²) in [6, 6.07) is 4.51. The minimum atomic E-state index is -3.66. The lowest BCUT2D eigenvalue weighted by Gasteiger charge is -2.38. The number of nitrogens with one attached hydrogen (secondary N) is 1. The fourth-order valence-corrected chi connectivity index (χ4v) is 5.54. The Balaban J connectivity index is 1.65. The zero-order valence-electron chi connectivity index (χ0n) is 19.2. The van der Waals surface area contributed by atoms with Gasteiger partial charge in [0.2, 0.25) is 15.9 Å². The molecule has 3 rings (SSSR count).